The Balaban J connectivity index is 1.48. The fourth-order valence-corrected chi connectivity index (χ4v) is 3.49. The third-order valence-corrected chi connectivity index (χ3v) is 5.07. The predicted molar refractivity (Wildman–Crippen MR) is 114 cm³/mol. The molecule has 7 heteroatoms. The second-order valence-corrected chi connectivity index (χ2v) is 7.71. The number of anilines is 1. The Hall–Kier alpha value is -3.06. The van der Waals surface area contributed by atoms with Crippen molar-refractivity contribution in [2.45, 2.75) is 25.2 Å². The molecular weight excluding hydrogens is 386 g/mol. The molecule has 1 amide bonds. The van der Waals surface area contributed by atoms with Gasteiger partial charge in [0.2, 0.25) is 0 Å². The predicted octanol–water partition coefficient (Wildman–Crippen LogP) is 4.15. The monoisotopic (exact) mass is 409 g/mol. The molecule has 1 N–H and O–H groups in total. The third-order valence-electron chi connectivity index (χ3n) is 4.06. The van der Waals surface area contributed by atoms with E-state index in [0.29, 0.717) is 11.6 Å². The highest BCUT2D eigenvalue weighted by molar-refractivity contribution is 7.99. The molecule has 1 aromatic heterocycles. The maximum Gasteiger partial charge on any atom is 0.307 e. The lowest BCUT2D eigenvalue weighted by molar-refractivity contribution is -0.146. The van der Waals surface area contributed by atoms with Crippen LogP contribution in [0, 0.1) is 13.8 Å². The average Bonchev–Trinajstić information content (AvgIpc) is 3.08. The van der Waals surface area contributed by atoms with Crippen LogP contribution >= 0.6 is 11.8 Å². The van der Waals surface area contributed by atoms with E-state index in [9.17, 15) is 9.59 Å². The number of nitrogens with zero attached hydrogens (tertiary/aromatic N) is 2. The molecule has 0 saturated carbocycles. The largest absolute Gasteiger partial charge is 0.456 e. The first-order valence-electron chi connectivity index (χ1n) is 9.28. The summed E-state index contributed by atoms with van der Waals surface area (Å²) in [5, 5.41) is 7.18. The smallest absolute Gasteiger partial charge is 0.307 e. The molecule has 0 unspecified atom stereocenters. The number of benzene rings is 2. The highest BCUT2D eigenvalue weighted by Gasteiger charge is 2.13. The number of ether oxygens (including phenoxy) is 1. The Bertz CT molecular complexity index is 969. The normalized spacial score (nSPS) is 10.6. The Kier molecular flexibility index (Phi) is 7.08. The van der Waals surface area contributed by atoms with Crippen LogP contribution in [0.3, 0.4) is 0 Å². The lowest BCUT2D eigenvalue weighted by Gasteiger charge is -2.10. The number of thioether (sulfide) groups is 1. The molecule has 0 fully saturated rings. The quantitative estimate of drug-likeness (QED) is 0.447. The van der Waals surface area contributed by atoms with Crippen molar-refractivity contribution in [3.8, 4) is 5.69 Å². The number of carbonyl (C=O) groups is 2. The lowest BCUT2D eigenvalue weighted by atomic mass is 10.2. The van der Waals surface area contributed by atoms with Gasteiger partial charge in [0, 0.05) is 16.7 Å². The van der Waals surface area contributed by atoms with Gasteiger partial charge in [-0.05, 0) is 38.1 Å². The highest BCUT2D eigenvalue weighted by atomic mass is 32.2. The van der Waals surface area contributed by atoms with E-state index in [2.05, 4.69) is 10.4 Å². The molecule has 6 nitrogen and oxygen atoms in total. The average molecular weight is 410 g/mol. The molecule has 1 heterocycles. The van der Waals surface area contributed by atoms with Crippen LogP contribution in [0.5, 0.6) is 0 Å². The van der Waals surface area contributed by atoms with Gasteiger partial charge in [-0.2, -0.15) is 5.10 Å². The van der Waals surface area contributed by atoms with Crippen LogP contribution in [0.2, 0.25) is 0 Å². The minimum Gasteiger partial charge on any atom is -0.456 e. The number of aromatic nitrogens is 2. The summed E-state index contributed by atoms with van der Waals surface area (Å²) in [5.41, 5.74) is 2.75. The minimum absolute atomic E-state index is 0.243. The fraction of sp³-hybridized carbons (Fsp3) is 0.227. The Morgan fingerprint density at radius 2 is 1.79 bits per heavy atom. The van der Waals surface area contributed by atoms with Gasteiger partial charge in [0.1, 0.15) is 5.82 Å². The van der Waals surface area contributed by atoms with E-state index in [1.807, 2.05) is 68.4 Å². The summed E-state index contributed by atoms with van der Waals surface area (Å²) in [6, 6.07) is 19.4. The van der Waals surface area contributed by atoms with Gasteiger partial charge < -0.3 is 10.1 Å². The Labute approximate surface area is 174 Å². The Morgan fingerprint density at radius 3 is 2.52 bits per heavy atom. The third kappa shape index (κ3) is 6.22. The number of hydrogen-bond donors (Lipinski definition) is 1. The van der Waals surface area contributed by atoms with E-state index in [1.54, 1.807) is 22.5 Å². The van der Waals surface area contributed by atoms with Gasteiger partial charge in [-0.3, -0.25) is 9.59 Å². The summed E-state index contributed by atoms with van der Waals surface area (Å²) in [6.45, 7) is 3.53. The molecular formula is C22H23N3O3S. The summed E-state index contributed by atoms with van der Waals surface area (Å²) in [7, 11) is 0. The molecule has 2 aromatic carbocycles. The number of carbonyl (C=O) groups excluding carboxylic acids is 2. The van der Waals surface area contributed by atoms with Crippen molar-refractivity contribution in [3.05, 3.63) is 71.9 Å². The number of rotatable bonds is 8. The van der Waals surface area contributed by atoms with Crippen LogP contribution in [0.25, 0.3) is 5.69 Å². The molecule has 0 atom stereocenters. The maximum absolute atomic E-state index is 12.2. The molecule has 3 rings (SSSR count). The van der Waals surface area contributed by atoms with Crippen LogP contribution in [-0.4, -0.2) is 34.0 Å². The number of nitrogens with one attached hydrogen (secondary N) is 1. The number of amides is 1. The number of hydrogen-bond acceptors (Lipinski definition) is 5. The molecule has 150 valence electrons. The summed E-state index contributed by atoms with van der Waals surface area (Å²) in [5.74, 6) is 0.338. The Morgan fingerprint density at radius 1 is 1.07 bits per heavy atom. The van der Waals surface area contributed by atoms with Crippen LogP contribution < -0.4 is 5.32 Å². The molecule has 0 radical (unpaired) electrons. The maximum atomic E-state index is 12.2. The van der Waals surface area contributed by atoms with Gasteiger partial charge in [0.25, 0.3) is 5.91 Å². The van der Waals surface area contributed by atoms with Crippen molar-refractivity contribution in [3.63, 3.8) is 0 Å². The van der Waals surface area contributed by atoms with Crippen molar-refractivity contribution in [1.82, 2.24) is 9.78 Å². The van der Waals surface area contributed by atoms with E-state index in [1.165, 1.54) is 0 Å². The first-order valence-corrected chi connectivity index (χ1v) is 10.3. The van der Waals surface area contributed by atoms with E-state index in [4.69, 9.17) is 4.74 Å². The van der Waals surface area contributed by atoms with Gasteiger partial charge >= 0.3 is 5.97 Å². The summed E-state index contributed by atoms with van der Waals surface area (Å²) in [4.78, 5) is 25.2. The SMILES string of the molecule is Cc1ccc(-n2nc(C)cc2NC(=O)COC(=O)CCSc2ccccc2)cc1. The minimum atomic E-state index is -0.401. The fourth-order valence-electron chi connectivity index (χ4n) is 2.64. The van der Waals surface area contributed by atoms with E-state index < -0.39 is 11.9 Å². The van der Waals surface area contributed by atoms with E-state index >= 15 is 0 Å². The molecule has 0 bridgehead atoms. The van der Waals surface area contributed by atoms with Gasteiger partial charge in [0.05, 0.1) is 17.8 Å². The van der Waals surface area contributed by atoms with Gasteiger partial charge in [-0.1, -0.05) is 35.9 Å². The molecule has 0 aliphatic carbocycles. The number of esters is 1. The highest BCUT2D eigenvalue weighted by Crippen LogP contribution is 2.19. The van der Waals surface area contributed by atoms with Crippen molar-refractivity contribution < 1.29 is 14.3 Å². The van der Waals surface area contributed by atoms with Crippen molar-refractivity contribution in [2.24, 2.45) is 0 Å². The summed E-state index contributed by atoms with van der Waals surface area (Å²) >= 11 is 1.58. The zero-order valence-electron chi connectivity index (χ0n) is 16.4. The zero-order chi connectivity index (χ0) is 20.6. The molecule has 3 aromatic rings. The standard InChI is InChI=1S/C22H23N3O3S/c1-16-8-10-18(11-9-16)25-20(14-17(2)24-25)23-21(26)15-28-22(27)12-13-29-19-6-4-3-5-7-19/h3-11,14H,12-13,15H2,1-2H3,(H,23,26). The second-order valence-electron chi connectivity index (χ2n) is 6.54. The van der Waals surface area contributed by atoms with Crippen LogP contribution in [0.1, 0.15) is 17.7 Å². The van der Waals surface area contributed by atoms with Gasteiger partial charge in [-0.15, -0.1) is 11.8 Å². The van der Waals surface area contributed by atoms with Gasteiger partial charge in [0.15, 0.2) is 6.61 Å². The lowest BCUT2D eigenvalue weighted by Crippen LogP contribution is -2.22. The molecule has 0 aliphatic rings. The van der Waals surface area contributed by atoms with Crippen LogP contribution in [0.15, 0.2) is 65.6 Å². The number of aryl methyl sites for hydroxylation is 2. The summed E-state index contributed by atoms with van der Waals surface area (Å²) < 4.78 is 6.75. The van der Waals surface area contributed by atoms with Crippen molar-refractivity contribution in [2.75, 3.05) is 17.7 Å². The van der Waals surface area contributed by atoms with Crippen LogP contribution in [0.4, 0.5) is 5.82 Å². The molecule has 29 heavy (non-hydrogen) atoms. The second kappa shape index (κ2) is 9.93. The van der Waals surface area contributed by atoms with E-state index in [-0.39, 0.29) is 13.0 Å². The first kappa shape index (κ1) is 20.7. The van der Waals surface area contributed by atoms with Crippen LogP contribution in [-0.2, 0) is 14.3 Å². The van der Waals surface area contributed by atoms with Crippen molar-refractivity contribution >= 4 is 29.5 Å². The molecule has 0 spiro atoms. The zero-order valence-corrected chi connectivity index (χ0v) is 17.2. The van der Waals surface area contributed by atoms with E-state index in [0.717, 1.165) is 21.8 Å². The molecule has 0 aliphatic heterocycles. The summed E-state index contributed by atoms with van der Waals surface area (Å²) in [6.07, 6.45) is 0.243. The topological polar surface area (TPSA) is 73.2 Å². The van der Waals surface area contributed by atoms with Gasteiger partial charge in [-0.25, -0.2) is 4.68 Å². The molecule has 0 saturated heterocycles. The van der Waals surface area contributed by atoms with Crippen molar-refractivity contribution in [1.29, 1.82) is 0 Å². The first-order chi connectivity index (χ1) is 14.0.